The van der Waals surface area contributed by atoms with E-state index in [4.69, 9.17) is 14.4 Å². The average molecular weight is 907 g/mol. The first-order valence-corrected chi connectivity index (χ1v) is 24.7. The second-order valence-electron chi connectivity index (χ2n) is 19.1. The Labute approximate surface area is 413 Å². The van der Waals surface area contributed by atoms with Crippen LogP contribution in [0.15, 0.2) is 252 Å². The van der Waals surface area contributed by atoms with Crippen molar-refractivity contribution in [2.24, 2.45) is 4.99 Å². The van der Waals surface area contributed by atoms with Gasteiger partial charge in [-0.1, -0.05) is 200 Å². The van der Waals surface area contributed by atoms with Crippen molar-refractivity contribution in [3.8, 4) is 44.6 Å². The largest absolute Gasteiger partial charge is 0.456 e. The molecule has 3 aliphatic rings. The van der Waals surface area contributed by atoms with Gasteiger partial charge in [-0.25, -0.2) is 0 Å². The van der Waals surface area contributed by atoms with Crippen LogP contribution < -0.4 is 0 Å². The summed E-state index contributed by atoms with van der Waals surface area (Å²) in [5.74, 6) is 0.297. The average Bonchev–Trinajstić information content (AvgIpc) is 4.05. The number of fused-ring (bicyclic) bond motifs is 9. The van der Waals surface area contributed by atoms with Crippen LogP contribution >= 0.6 is 0 Å². The summed E-state index contributed by atoms with van der Waals surface area (Å²) in [5, 5.41) is 2.09. The Kier molecular flexibility index (Phi) is 9.63. The number of hydrogen-bond acceptors (Lipinski definition) is 3. The Bertz CT molecular complexity index is 4010. The fourth-order valence-electron chi connectivity index (χ4n) is 11.8. The van der Waals surface area contributed by atoms with Gasteiger partial charge in [0, 0.05) is 41.0 Å². The van der Waals surface area contributed by atoms with E-state index < -0.39 is 0 Å². The van der Waals surface area contributed by atoms with Crippen molar-refractivity contribution < 1.29 is 4.42 Å². The molecule has 11 aromatic rings. The molecule has 14 rings (SSSR count). The van der Waals surface area contributed by atoms with Crippen LogP contribution in [0.2, 0.25) is 0 Å². The van der Waals surface area contributed by atoms with Crippen LogP contribution in [-0.2, 0) is 0 Å². The number of aliphatic imine (C=N–C) groups is 1. The van der Waals surface area contributed by atoms with Crippen molar-refractivity contribution in [3.63, 3.8) is 0 Å². The van der Waals surface area contributed by atoms with Crippen molar-refractivity contribution in [1.82, 2.24) is 4.98 Å². The van der Waals surface area contributed by atoms with Crippen LogP contribution in [-0.4, -0.2) is 10.7 Å². The monoisotopic (exact) mass is 906 g/mol. The van der Waals surface area contributed by atoms with Crippen molar-refractivity contribution in [2.75, 3.05) is 0 Å². The van der Waals surface area contributed by atoms with Crippen LogP contribution in [0.4, 0.5) is 0 Å². The lowest BCUT2D eigenvalue weighted by Gasteiger charge is -2.16. The van der Waals surface area contributed by atoms with Gasteiger partial charge >= 0.3 is 0 Å². The molecule has 0 spiro atoms. The van der Waals surface area contributed by atoms with Gasteiger partial charge < -0.3 is 4.42 Å². The van der Waals surface area contributed by atoms with Crippen LogP contribution in [0.25, 0.3) is 77.8 Å². The van der Waals surface area contributed by atoms with Crippen LogP contribution in [0, 0.1) is 0 Å². The third-order valence-electron chi connectivity index (χ3n) is 15.2. The smallest absolute Gasteiger partial charge is 0.139 e. The molecule has 2 atom stereocenters. The molecule has 3 heterocycles. The number of nitrogens with zero attached hydrogens (tertiary/aromatic N) is 2. The number of furan rings is 1. The van der Waals surface area contributed by atoms with E-state index in [0.29, 0.717) is 0 Å². The molecule has 1 aliphatic heterocycles. The number of pyridine rings is 1. The molecule has 71 heavy (non-hydrogen) atoms. The van der Waals surface area contributed by atoms with Gasteiger partial charge in [-0.2, -0.15) is 0 Å². The van der Waals surface area contributed by atoms with E-state index in [1.165, 1.54) is 77.9 Å². The molecule has 0 fully saturated rings. The summed E-state index contributed by atoms with van der Waals surface area (Å²) < 4.78 is 6.60. The zero-order valence-corrected chi connectivity index (χ0v) is 39.2. The number of allylic oxidation sites excluding steroid dienone is 3. The lowest BCUT2D eigenvalue weighted by molar-refractivity contribution is 0.668. The van der Waals surface area contributed by atoms with Crippen molar-refractivity contribution in [1.29, 1.82) is 0 Å². The molecule has 9 aromatic carbocycles. The summed E-state index contributed by atoms with van der Waals surface area (Å²) in [6.45, 7) is 2.20. The highest BCUT2D eigenvalue weighted by Crippen LogP contribution is 2.52. The van der Waals surface area contributed by atoms with Gasteiger partial charge in [0.1, 0.15) is 11.2 Å². The summed E-state index contributed by atoms with van der Waals surface area (Å²) >= 11 is 0. The van der Waals surface area contributed by atoms with E-state index in [9.17, 15) is 0 Å². The van der Waals surface area contributed by atoms with Gasteiger partial charge in [0.25, 0.3) is 0 Å². The Morgan fingerprint density at radius 3 is 1.63 bits per heavy atom. The van der Waals surface area contributed by atoms with Crippen molar-refractivity contribution in [2.45, 2.75) is 25.2 Å². The van der Waals surface area contributed by atoms with Crippen LogP contribution in [0.1, 0.15) is 75.3 Å². The summed E-state index contributed by atoms with van der Waals surface area (Å²) in [5.41, 5.74) is 27.0. The zero-order valence-electron chi connectivity index (χ0n) is 39.2. The number of benzene rings is 9. The van der Waals surface area contributed by atoms with E-state index in [0.717, 1.165) is 67.7 Å². The van der Waals surface area contributed by atoms with E-state index in [1.54, 1.807) is 0 Å². The number of aromatic nitrogens is 1. The van der Waals surface area contributed by atoms with Gasteiger partial charge in [-0.05, 0) is 126 Å². The van der Waals surface area contributed by atoms with Crippen LogP contribution in [0.5, 0.6) is 0 Å². The minimum Gasteiger partial charge on any atom is -0.456 e. The highest BCUT2D eigenvalue weighted by Gasteiger charge is 2.33. The third-order valence-corrected chi connectivity index (χ3v) is 15.2. The number of hydrogen-bond donors (Lipinski definition) is 0. The maximum absolute atomic E-state index is 6.60. The zero-order chi connectivity index (χ0) is 47.0. The van der Waals surface area contributed by atoms with E-state index in [1.807, 2.05) is 12.3 Å². The fraction of sp³-hybridized carbons (Fsp3) is 0.0588. The molecule has 0 radical (unpaired) electrons. The minimum absolute atomic E-state index is 0.0646. The molecule has 0 N–H and O–H groups in total. The molecule has 334 valence electrons. The topological polar surface area (TPSA) is 38.4 Å². The van der Waals surface area contributed by atoms with E-state index in [2.05, 4.69) is 231 Å². The Morgan fingerprint density at radius 2 is 0.972 bits per heavy atom. The molecule has 2 aromatic heterocycles. The fourth-order valence-corrected chi connectivity index (χ4v) is 11.8. The Hall–Kier alpha value is -8.92. The predicted octanol–water partition coefficient (Wildman–Crippen LogP) is 17.3. The maximum atomic E-state index is 6.60. The number of rotatable bonds is 7. The van der Waals surface area contributed by atoms with Crippen LogP contribution in [0.3, 0.4) is 0 Å². The second-order valence-corrected chi connectivity index (χ2v) is 19.1. The van der Waals surface area contributed by atoms with Gasteiger partial charge in [-0.15, -0.1) is 0 Å². The van der Waals surface area contributed by atoms with E-state index >= 15 is 0 Å². The molecule has 0 bridgehead atoms. The molecule has 0 saturated carbocycles. The van der Waals surface area contributed by atoms with Crippen molar-refractivity contribution in [3.05, 3.63) is 292 Å². The third kappa shape index (κ3) is 6.80. The summed E-state index contributed by atoms with van der Waals surface area (Å²) in [4.78, 5) is 10.5. The SMILES string of the molecule is CC1=C(c2ccc(-c3nccc4oc5ccc(C6c7ccccc7-c7cc(-c8ccc9c(c8)-c8ccccc8C9c8ccccc8)ccc76)cc5c34)cc2)N=C(c2ccccc2)CC=C1c1ccccc1. The normalized spacial score (nSPS) is 15.7. The van der Waals surface area contributed by atoms with Gasteiger partial charge in [0.05, 0.1) is 22.5 Å². The summed E-state index contributed by atoms with van der Waals surface area (Å²) in [7, 11) is 0. The Balaban J connectivity index is 0.833. The Morgan fingerprint density at radius 1 is 0.423 bits per heavy atom. The van der Waals surface area contributed by atoms with E-state index in [-0.39, 0.29) is 11.8 Å². The molecular formula is C68H46N2O. The molecule has 3 heteroatoms. The molecule has 2 unspecified atom stereocenters. The first-order valence-electron chi connectivity index (χ1n) is 24.7. The lowest BCUT2D eigenvalue weighted by atomic mass is 9.87. The van der Waals surface area contributed by atoms with Gasteiger partial charge in [0.15, 0.2) is 0 Å². The molecule has 0 saturated heterocycles. The predicted molar refractivity (Wildman–Crippen MR) is 293 cm³/mol. The van der Waals surface area contributed by atoms with Gasteiger partial charge in [-0.3, -0.25) is 9.98 Å². The molecular weight excluding hydrogens is 861 g/mol. The minimum atomic E-state index is 0.0646. The summed E-state index contributed by atoms with van der Waals surface area (Å²) in [6.07, 6.45) is 4.94. The quantitative estimate of drug-likeness (QED) is 0.160. The summed E-state index contributed by atoms with van der Waals surface area (Å²) in [6, 6.07) is 81.7. The second kappa shape index (κ2) is 16.6. The lowest BCUT2D eigenvalue weighted by Crippen LogP contribution is -1.99. The highest BCUT2D eigenvalue weighted by atomic mass is 16.3. The molecule has 0 amide bonds. The molecule has 3 nitrogen and oxygen atoms in total. The van der Waals surface area contributed by atoms with Crippen molar-refractivity contribution >= 4 is 38.9 Å². The molecule has 2 aliphatic carbocycles. The standard InChI is InChI=1S/C68H46N2O/c1-42-51(43-15-5-2-6-16-43)34-35-61(44-17-7-3-8-18-44)70-67(42)46-25-27-47(28-26-46)68-66-60-41-50(31-36-62(60)71-63(66)37-38-69-68)65-55-24-14-12-22-53(55)59-40-49(30-33-57(59)65)48-29-32-56-58(39-48)52-21-11-13-23-54(52)64(56)45-19-9-4-10-20-45/h2-34,36-41,64-65H,35H2,1H3. The first kappa shape index (κ1) is 41.1. The van der Waals surface area contributed by atoms with Gasteiger partial charge in [0.2, 0.25) is 0 Å². The highest BCUT2D eigenvalue weighted by molar-refractivity contribution is 6.12. The first-order chi connectivity index (χ1) is 35.1. The maximum Gasteiger partial charge on any atom is 0.139 e.